The Kier molecular flexibility index (Phi) is 4.07. The van der Waals surface area contributed by atoms with E-state index in [4.69, 9.17) is 10.5 Å². The third kappa shape index (κ3) is 2.81. The lowest BCUT2D eigenvalue weighted by Gasteiger charge is -2.27. The molecule has 1 heterocycles. The van der Waals surface area contributed by atoms with E-state index in [0.717, 1.165) is 35.3 Å². The molecule has 1 fully saturated rings. The zero-order valence-corrected chi connectivity index (χ0v) is 11.9. The number of nitrogens with two attached hydrogens (primary N) is 1. The summed E-state index contributed by atoms with van der Waals surface area (Å²) in [7, 11) is 2.13. The van der Waals surface area contributed by atoms with E-state index in [0.29, 0.717) is 12.1 Å². The summed E-state index contributed by atoms with van der Waals surface area (Å²) in [6.07, 6.45) is 1.41. The minimum atomic E-state index is 0.309. The van der Waals surface area contributed by atoms with Crippen LogP contribution in [-0.4, -0.2) is 30.7 Å². The summed E-state index contributed by atoms with van der Waals surface area (Å²) in [5.41, 5.74) is 8.02. The summed E-state index contributed by atoms with van der Waals surface area (Å²) in [5.74, 6) is 0. The van der Waals surface area contributed by atoms with Gasteiger partial charge in [0.15, 0.2) is 0 Å². The van der Waals surface area contributed by atoms with Crippen LogP contribution in [0, 0.1) is 0 Å². The number of likely N-dealkylation sites (N-methyl/N-ethyl adjacent to an activating group) is 1. The zero-order valence-electron chi connectivity index (χ0n) is 10.3. The number of halogens is 1. The number of hydrogen-bond acceptors (Lipinski definition) is 3. The van der Waals surface area contributed by atoms with Crippen LogP contribution in [0.15, 0.2) is 22.7 Å². The van der Waals surface area contributed by atoms with Crippen molar-refractivity contribution in [3.05, 3.63) is 28.2 Å². The van der Waals surface area contributed by atoms with Gasteiger partial charge in [0.25, 0.3) is 0 Å². The van der Waals surface area contributed by atoms with Crippen LogP contribution in [-0.2, 0) is 11.3 Å². The van der Waals surface area contributed by atoms with Gasteiger partial charge in [0.2, 0.25) is 0 Å². The molecule has 0 aliphatic carbocycles. The van der Waals surface area contributed by atoms with Crippen molar-refractivity contribution in [2.24, 2.45) is 0 Å². The van der Waals surface area contributed by atoms with Gasteiger partial charge in [-0.3, -0.25) is 4.90 Å². The lowest BCUT2D eigenvalue weighted by molar-refractivity contribution is 0.0814. The van der Waals surface area contributed by atoms with Crippen molar-refractivity contribution in [2.75, 3.05) is 19.4 Å². The summed E-state index contributed by atoms with van der Waals surface area (Å²) in [6, 6.07) is 6.43. The number of nitrogens with zero attached hydrogens (tertiary/aromatic N) is 1. The summed E-state index contributed by atoms with van der Waals surface area (Å²) in [4.78, 5) is 2.33. The van der Waals surface area contributed by atoms with E-state index in [2.05, 4.69) is 34.8 Å². The fourth-order valence-electron chi connectivity index (χ4n) is 2.41. The second-order valence-corrected chi connectivity index (χ2v) is 5.51. The first-order valence-corrected chi connectivity index (χ1v) is 6.73. The maximum absolute atomic E-state index is 6.02. The molecule has 0 amide bonds. The van der Waals surface area contributed by atoms with Crippen molar-refractivity contribution in [3.63, 3.8) is 0 Å². The summed E-state index contributed by atoms with van der Waals surface area (Å²) < 4.78 is 6.68. The summed E-state index contributed by atoms with van der Waals surface area (Å²) >= 11 is 3.56. The fourth-order valence-corrected chi connectivity index (χ4v) is 2.91. The monoisotopic (exact) mass is 298 g/mol. The van der Waals surface area contributed by atoms with Crippen LogP contribution in [0.2, 0.25) is 0 Å². The van der Waals surface area contributed by atoms with Crippen molar-refractivity contribution >= 4 is 21.6 Å². The smallest absolute Gasteiger partial charge is 0.0703 e. The fraction of sp³-hybridized carbons (Fsp3) is 0.538. The predicted octanol–water partition coefficient (Wildman–Crippen LogP) is 2.64. The van der Waals surface area contributed by atoms with E-state index < -0.39 is 0 Å². The van der Waals surface area contributed by atoms with Crippen LogP contribution in [0.25, 0.3) is 0 Å². The number of hydrogen-bond donors (Lipinski definition) is 1. The zero-order chi connectivity index (χ0) is 12.4. The molecule has 3 nitrogen and oxygen atoms in total. The molecule has 94 valence electrons. The lowest BCUT2D eigenvalue weighted by atomic mass is 10.1. The van der Waals surface area contributed by atoms with Gasteiger partial charge in [-0.1, -0.05) is 22.0 Å². The molecule has 1 aromatic carbocycles. The number of nitrogen functional groups attached to an aromatic ring is 1. The van der Waals surface area contributed by atoms with Crippen LogP contribution in [0.1, 0.15) is 18.9 Å². The Morgan fingerprint density at radius 2 is 2.29 bits per heavy atom. The molecule has 0 aromatic heterocycles. The van der Waals surface area contributed by atoms with E-state index in [9.17, 15) is 0 Å². The molecule has 2 atom stereocenters. The molecule has 1 aliphatic rings. The third-order valence-electron chi connectivity index (χ3n) is 3.46. The van der Waals surface area contributed by atoms with Crippen molar-refractivity contribution < 1.29 is 4.74 Å². The molecule has 2 N–H and O–H groups in total. The SMILES string of the molecule is CC1OCCC1N(C)Cc1c(N)cccc1Br. The van der Waals surface area contributed by atoms with E-state index in [-0.39, 0.29) is 0 Å². The molecule has 1 aromatic rings. The number of anilines is 1. The topological polar surface area (TPSA) is 38.5 Å². The predicted molar refractivity (Wildman–Crippen MR) is 73.8 cm³/mol. The van der Waals surface area contributed by atoms with Gasteiger partial charge in [0.1, 0.15) is 0 Å². The largest absolute Gasteiger partial charge is 0.398 e. The minimum absolute atomic E-state index is 0.309. The Morgan fingerprint density at radius 1 is 1.53 bits per heavy atom. The average molecular weight is 299 g/mol. The molecule has 4 heteroatoms. The molecule has 2 rings (SSSR count). The molecule has 0 saturated carbocycles. The Morgan fingerprint density at radius 3 is 2.88 bits per heavy atom. The molecule has 1 saturated heterocycles. The van der Waals surface area contributed by atoms with Crippen molar-refractivity contribution in [3.8, 4) is 0 Å². The highest BCUT2D eigenvalue weighted by Gasteiger charge is 2.28. The first-order valence-electron chi connectivity index (χ1n) is 5.94. The lowest BCUT2D eigenvalue weighted by Crippen LogP contribution is -2.36. The molecule has 2 unspecified atom stereocenters. The standard InChI is InChI=1S/C13H19BrN2O/c1-9-13(6-7-17-9)16(2)8-10-11(14)4-3-5-12(10)15/h3-5,9,13H,6-8,15H2,1-2H3. The minimum Gasteiger partial charge on any atom is -0.398 e. The van der Waals surface area contributed by atoms with Gasteiger partial charge >= 0.3 is 0 Å². The van der Waals surface area contributed by atoms with Gasteiger partial charge in [0, 0.05) is 34.9 Å². The van der Waals surface area contributed by atoms with E-state index in [1.165, 1.54) is 0 Å². The van der Waals surface area contributed by atoms with Gasteiger partial charge in [-0.15, -0.1) is 0 Å². The van der Waals surface area contributed by atoms with E-state index in [1.807, 2.05) is 18.2 Å². The van der Waals surface area contributed by atoms with Crippen molar-refractivity contribution in [2.45, 2.75) is 32.0 Å². The maximum atomic E-state index is 6.02. The van der Waals surface area contributed by atoms with Crippen LogP contribution < -0.4 is 5.73 Å². The van der Waals surface area contributed by atoms with E-state index >= 15 is 0 Å². The first kappa shape index (κ1) is 12.9. The Labute approximate surface area is 111 Å². The van der Waals surface area contributed by atoms with Crippen molar-refractivity contribution in [1.82, 2.24) is 4.90 Å². The number of ether oxygens (including phenoxy) is 1. The van der Waals surface area contributed by atoms with Gasteiger partial charge in [0.05, 0.1) is 6.10 Å². The van der Waals surface area contributed by atoms with Crippen LogP contribution in [0.3, 0.4) is 0 Å². The second-order valence-electron chi connectivity index (χ2n) is 4.65. The Bertz CT molecular complexity index is 377. The van der Waals surface area contributed by atoms with E-state index in [1.54, 1.807) is 0 Å². The molecule has 17 heavy (non-hydrogen) atoms. The average Bonchev–Trinajstić information content (AvgIpc) is 2.70. The van der Waals surface area contributed by atoms with Gasteiger partial charge in [-0.05, 0) is 32.5 Å². The first-order chi connectivity index (χ1) is 8.09. The van der Waals surface area contributed by atoms with Gasteiger partial charge in [-0.2, -0.15) is 0 Å². The third-order valence-corrected chi connectivity index (χ3v) is 4.21. The molecule has 1 aliphatic heterocycles. The van der Waals surface area contributed by atoms with Crippen LogP contribution in [0.5, 0.6) is 0 Å². The second kappa shape index (κ2) is 5.38. The normalized spacial score (nSPS) is 24.5. The van der Waals surface area contributed by atoms with Crippen LogP contribution >= 0.6 is 15.9 Å². The van der Waals surface area contributed by atoms with Crippen molar-refractivity contribution in [1.29, 1.82) is 0 Å². The molecular formula is C13H19BrN2O. The number of benzene rings is 1. The van der Waals surface area contributed by atoms with Crippen LogP contribution in [0.4, 0.5) is 5.69 Å². The quantitative estimate of drug-likeness (QED) is 0.872. The Balaban J connectivity index is 2.10. The molecule has 0 radical (unpaired) electrons. The molecule has 0 spiro atoms. The van der Waals surface area contributed by atoms with Gasteiger partial charge in [-0.25, -0.2) is 0 Å². The highest BCUT2D eigenvalue weighted by Crippen LogP contribution is 2.26. The number of rotatable bonds is 3. The maximum Gasteiger partial charge on any atom is 0.0703 e. The molecule has 0 bridgehead atoms. The summed E-state index contributed by atoms with van der Waals surface area (Å²) in [6.45, 7) is 3.85. The highest BCUT2D eigenvalue weighted by atomic mass is 79.9. The highest BCUT2D eigenvalue weighted by molar-refractivity contribution is 9.10. The van der Waals surface area contributed by atoms with Gasteiger partial charge < -0.3 is 10.5 Å². The summed E-state index contributed by atoms with van der Waals surface area (Å²) in [5, 5.41) is 0. The molecular weight excluding hydrogens is 280 g/mol. The Hall–Kier alpha value is -0.580.